The van der Waals surface area contributed by atoms with E-state index >= 15 is 0 Å². The second kappa shape index (κ2) is 7.48. The van der Waals surface area contributed by atoms with Gasteiger partial charge >= 0.3 is 113 Å². The first-order valence-electron chi connectivity index (χ1n) is 7.08. The molecule has 1 aliphatic rings. The molecular weight excluding hydrogens is 337 g/mol. The molecule has 0 saturated heterocycles. The van der Waals surface area contributed by atoms with Crippen LogP contribution in [0.4, 0.5) is 4.79 Å². The first-order chi connectivity index (χ1) is 10.1. The second-order valence-corrected chi connectivity index (χ2v) is 7.47. The van der Waals surface area contributed by atoms with Gasteiger partial charge in [-0.1, -0.05) is 0 Å². The van der Waals surface area contributed by atoms with Gasteiger partial charge in [0, 0.05) is 0 Å². The predicted octanol–water partition coefficient (Wildman–Crippen LogP) is 2.86. The van der Waals surface area contributed by atoms with Gasteiger partial charge in [0.05, 0.1) is 0 Å². The molecule has 0 bridgehead atoms. The molecule has 1 aliphatic carbocycles. The zero-order valence-electron chi connectivity index (χ0n) is 11.7. The molecule has 0 radical (unpaired) electrons. The average Bonchev–Trinajstić information content (AvgIpc) is 2.77. The van der Waals surface area contributed by atoms with Crippen LogP contribution in [0.5, 0.6) is 0 Å². The number of nitrogens with zero attached hydrogens (tertiary/aromatic N) is 1. The van der Waals surface area contributed by atoms with E-state index in [0.29, 0.717) is 0 Å². The van der Waals surface area contributed by atoms with E-state index in [1.807, 2.05) is 18.2 Å². The Morgan fingerprint density at radius 2 is 1.81 bits per heavy atom. The van der Waals surface area contributed by atoms with Gasteiger partial charge in [0.15, 0.2) is 0 Å². The summed E-state index contributed by atoms with van der Waals surface area (Å²) >= 11 is 0.227. The van der Waals surface area contributed by atoms with Gasteiger partial charge in [-0.2, -0.15) is 0 Å². The Kier molecular flexibility index (Phi) is 5.65. The molecule has 2 N–H and O–H groups in total. The zero-order valence-corrected chi connectivity index (χ0v) is 13.4. The fourth-order valence-corrected chi connectivity index (χ4v) is 5.04. The molecule has 114 valence electrons. The van der Waals surface area contributed by atoms with Gasteiger partial charge in [-0.15, -0.1) is 0 Å². The van der Waals surface area contributed by atoms with Crippen molar-refractivity contribution in [1.29, 1.82) is 0 Å². The van der Waals surface area contributed by atoms with Crippen LogP contribution < -0.4 is 5.56 Å². The third-order valence-electron chi connectivity index (χ3n) is 3.70. The van der Waals surface area contributed by atoms with Gasteiger partial charge in [-0.25, -0.2) is 4.79 Å². The van der Waals surface area contributed by atoms with E-state index in [9.17, 15) is 4.79 Å². The Labute approximate surface area is 128 Å². The molecule has 1 fully saturated rings. The summed E-state index contributed by atoms with van der Waals surface area (Å²) in [6.07, 6.45) is 4.89. The van der Waals surface area contributed by atoms with E-state index in [2.05, 4.69) is 9.63 Å². The summed E-state index contributed by atoms with van der Waals surface area (Å²) in [5.74, 6) is 0.754. The van der Waals surface area contributed by atoms with Crippen molar-refractivity contribution in [3.63, 3.8) is 0 Å². The number of aromatic nitrogens is 1. The fraction of sp³-hybridized carbons (Fsp3) is 0.467. The Bertz CT molecular complexity index is 651. The van der Waals surface area contributed by atoms with E-state index in [0.717, 1.165) is 17.8 Å². The summed E-state index contributed by atoms with van der Waals surface area (Å²) in [6.45, 7) is 0.994. The molecule has 0 atom stereocenters. The van der Waals surface area contributed by atoms with Crippen molar-refractivity contribution in [3.8, 4) is 0 Å². The molecule has 6 heteroatoms. The van der Waals surface area contributed by atoms with Crippen LogP contribution in [0.1, 0.15) is 32.1 Å². The zero-order chi connectivity index (χ0) is 15.2. The van der Waals surface area contributed by atoms with Crippen molar-refractivity contribution in [2.45, 2.75) is 38.6 Å². The summed E-state index contributed by atoms with van der Waals surface area (Å²) in [5, 5.41) is 14.9. The van der Waals surface area contributed by atoms with Crippen LogP contribution in [0.25, 0.3) is 9.65 Å². The Morgan fingerprint density at radius 1 is 1.19 bits per heavy atom. The molecule has 5 nitrogen and oxygen atoms in total. The van der Waals surface area contributed by atoms with E-state index in [1.54, 1.807) is 0 Å². The van der Waals surface area contributed by atoms with Gasteiger partial charge in [0.25, 0.3) is 0 Å². The number of fused-ring (bicyclic) bond motifs is 1. The minimum atomic E-state index is -1.83. The molecule has 1 aromatic carbocycles. The van der Waals surface area contributed by atoms with E-state index in [-0.39, 0.29) is 20.3 Å². The molecular formula is C15H19NO4Se. The SMILES string of the molecule is O=C(O)O.O=c1c2ccccc2[se]n1CC1CCCCC1. The van der Waals surface area contributed by atoms with E-state index < -0.39 is 6.16 Å². The monoisotopic (exact) mass is 357 g/mol. The first kappa shape index (κ1) is 15.9. The van der Waals surface area contributed by atoms with Gasteiger partial charge in [0.1, 0.15) is 0 Å². The third-order valence-corrected chi connectivity index (χ3v) is 5.98. The number of hydrogen-bond acceptors (Lipinski definition) is 2. The van der Waals surface area contributed by atoms with Crippen molar-refractivity contribution < 1.29 is 15.0 Å². The topological polar surface area (TPSA) is 79.5 Å². The van der Waals surface area contributed by atoms with Crippen molar-refractivity contribution in [2.24, 2.45) is 5.92 Å². The number of hydrogen-bond donors (Lipinski definition) is 2. The van der Waals surface area contributed by atoms with Crippen LogP contribution in [-0.2, 0) is 6.54 Å². The maximum absolute atomic E-state index is 12.2. The molecule has 0 aliphatic heterocycles. The summed E-state index contributed by atoms with van der Waals surface area (Å²) in [6, 6.07) is 8.09. The average molecular weight is 356 g/mol. The van der Waals surface area contributed by atoms with E-state index in [1.165, 1.54) is 36.4 Å². The maximum atomic E-state index is 12.2. The molecule has 0 spiro atoms. The molecule has 1 saturated carbocycles. The van der Waals surface area contributed by atoms with Crippen LogP contribution in [0.15, 0.2) is 29.1 Å². The van der Waals surface area contributed by atoms with Gasteiger partial charge < -0.3 is 10.2 Å². The fourth-order valence-electron chi connectivity index (χ4n) is 2.74. The van der Waals surface area contributed by atoms with E-state index in [4.69, 9.17) is 15.0 Å². The van der Waals surface area contributed by atoms with Gasteiger partial charge in [-0.3, -0.25) is 0 Å². The van der Waals surface area contributed by atoms with Crippen LogP contribution in [-0.4, -0.2) is 34.7 Å². The van der Waals surface area contributed by atoms with Crippen LogP contribution in [0.2, 0.25) is 0 Å². The molecule has 1 aromatic heterocycles. The summed E-state index contributed by atoms with van der Waals surface area (Å²) in [7, 11) is 0. The first-order valence-corrected chi connectivity index (χ1v) is 8.71. The quantitative estimate of drug-likeness (QED) is 0.811. The van der Waals surface area contributed by atoms with Crippen LogP contribution in [0.3, 0.4) is 0 Å². The van der Waals surface area contributed by atoms with Gasteiger partial charge in [0.2, 0.25) is 0 Å². The van der Waals surface area contributed by atoms with Crippen molar-refractivity contribution in [1.82, 2.24) is 3.56 Å². The molecule has 2 aromatic rings. The molecule has 3 rings (SSSR count). The molecule has 1 heterocycles. The number of rotatable bonds is 2. The van der Waals surface area contributed by atoms with Gasteiger partial charge in [-0.05, 0) is 0 Å². The Hall–Kier alpha value is -1.52. The second-order valence-electron chi connectivity index (χ2n) is 5.24. The van der Waals surface area contributed by atoms with Crippen LogP contribution in [0, 0.1) is 5.92 Å². The number of carboxylic acid groups (broad SMARTS) is 2. The Morgan fingerprint density at radius 3 is 2.43 bits per heavy atom. The number of carbonyl (C=O) groups is 1. The molecule has 21 heavy (non-hydrogen) atoms. The number of benzene rings is 1. The minimum absolute atomic E-state index is 0.227. The van der Waals surface area contributed by atoms with Crippen LogP contribution >= 0.6 is 0 Å². The predicted molar refractivity (Wildman–Crippen MR) is 82.4 cm³/mol. The summed E-state index contributed by atoms with van der Waals surface area (Å²) < 4.78 is 3.37. The van der Waals surface area contributed by atoms with Crippen molar-refractivity contribution >= 4 is 30.5 Å². The summed E-state index contributed by atoms with van der Waals surface area (Å²) in [5.41, 5.74) is 0.270. The van der Waals surface area contributed by atoms with Crippen molar-refractivity contribution in [3.05, 3.63) is 34.6 Å². The normalized spacial score (nSPS) is 15.4. The van der Waals surface area contributed by atoms with Crippen molar-refractivity contribution in [2.75, 3.05) is 0 Å². The Balaban J connectivity index is 0.000000361. The summed E-state index contributed by atoms with van der Waals surface area (Å²) in [4.78, 5) is 20.8. The molecule has 0 unspecified atom stereocenters. The standard InChI is InChI=1S/C14H17NOSe.CH2O3/c16-14-12-8-4-5-9-13(12)17-15(14)10-11-6-2-1-3-7-11;2-1(3)4/h4-5,8-9,11H,1-3,6-7,10H2;(H2,2,3,4). The molecule has 0 amide bonds. The third kappa shape index (κ3) is 4.48.